The molecule has 0 spiro atoms. The van der Waals surface area contributed by atoms with Gasteiger partial charge in [-0.2, -0.15) is 13.5 Å². The number of rotatable bonds is 2. The van der Waals surface area contributed by atoms with Crippen LogP contribution in [0.1, 0.15) is 18.1 Å². The number of nitrogens with one attached hydrogen (secondary N) is 1. The molecule has 3 aromatic carbocycles. The number of sulfonamides is 1. The summed E-state index contributed by atoms with van der Waals surface area (Å²) in [6.45, 7) is 1.73. The number of hydrogen-bond acceptors (Lipinski definition) is 5. The van der Waals surface area contributed by atoms with Gasteiger partial charge in [-0.3, -0.25) is 5.43 Å². The Kier molecular flexibility index (Phi) is 3.73. The van der Waals surface area contributed by atoms with Crippen LogP contribution in [0.15, 0.2) is 75.1 Å². The third-order valence-corrected chi connectivity index (χ3v) is 5.59. The van der Waals surface area contributed by atoms with Crippen molar-refractivity contribution in [1.29, 1.82) is 0 Å². The molecule has 1 aliphatic rings. The fourth-order valence-corrected chi connectivity index (χ4v) is 4.10. The van der Waals surface area contributed by atoms with Gasteiger partial charge in [-0.1, -0.05) is 42.5 Å². The Balaban J connectivity index is 1.70. The minimum Gasteiger partial charge on any atom is -0.507 e. The van der Waals surface area contributed by atoms with Gasteiger partial charge >= 0.3 is 0 Å². The molecule has 0 radical (unpaired) electrons. The lowest BCUT2D eigenvalue weighted by atomic mass is 10.0. The highest BCUT2D eigenvalue weighted by Crippen LogP contribution is 2.29. The van der Waals surface area contributed by atoms with E-state index in [9.17, 15) is 13.5 Å². The highest BCUT2D eigenvalue weighted by Gasteiger charge is 2.28. The quantitative estimate of drug-likeness (QED) is 0.539. The Morgan fingerprint density at radius 3 is 2.62 bits per heavy atom. The zero-order valence-electron chi connectivity index (χ0n) is 13.8. The van der Waals surface area contributed by atoms with Gasteiger partial charge in [-0.15, -0.1) is 4.40 Å². The first-order valence-corrected chi connectivity index (χ1v) is 9.37. The van der Waals surface area contributed by atoms with E-state index in [2.05, 4.69) is 14.9 Å². The zero-order valence-corrected chi connectivity index (χ0v) is 14.7. The average molecular weight is 365 g/mol. The molecule has 2 N–H and O–H groups in total. The van der Waals surface area contributed by atoms with Crippen LogP contribution < -0.4 is 5.43 Å². The van der Waals surface area contributed by atoms with E-state index in [0.717, 1.165) is 10.8 Å². The van der Waals surface area contributed by atoms with Crippen LogP contribution in [0.4, 0.5) is 0 Å². The van der Waals surface area contributed by atoms with Crippen LogP contribution in [-0.2, 0) is 10.0 Å². The van der Waals surface area contributed by atoms with E-state index in [1.54, 1.807) is 31.2 Å². The molecule has 0 aromatic heterocycles. The monoisotopic (exact) mass is 365 g/mol. The number of benzene rings is 3. The summed E-state index contributed by atoms with van der Waals surface area (Å²) in [6.07, 6.45) is 0. The second-order valence-electron chi connectivity index (χ2n) is 5.90. The molecule has 0 saturated heterocycles. The lowest BCUT2D eigenvalue weighted by Gasteiger charge is -2.08. The molecule has 0 unspecified atom stereocenters. The van der Waals surface area contributed by atoms with Gasteiger partial charge in [-0.05, 0) is 30.5 Å². The first-order chi connectivity index (χ1) is 12.5. The predicted molar refractivity (Wildman–Crippen MR) is 101 cm³/mol. The molecular formula is C19H15N3O3S. The Morgan fingerprint density at radius 1 is 1.04 bits per heavy atom. The molecule has 130 valence electrons. The van der Waals surface area contributed by atoms with Crippen molar-refractivity contribution in [2.45, 2.75) is 11.8 Å². The molecular weight excluding hydrogens is 350 g/mol. The van der Waals surface area contributed by atoms with Gasteiger partial charge in [0.2, 0.25) is 0 Å². The van der Waals surface area contributed by atoms with E-state index in [4.69, 9.17) is 0 Å². The summed E-state index contributed by atoms with van der Waals surface area (Å²) in [7, 11) is -3.70. The summed E-state index contributed by atoms with van der Waals surface area (Å²) in [5, 5.41) is 16.4. The summed E-state index contributed by atoms with van der Waals surface area (Å²) in [6, 6.07) is 17.7. The summed E-state index contributed by atoms with van der Waals surface area (Å²) < 4.78 is 27.9. The fourth-order valence-electron chi connectivity index (χ4n) is 2.93. The molecule has 3 aromatic rings. The van der Waals surface area contributed by atoms with Gasteiger partial charge < -0.3 is 5.11 Å². The second kappa shape index (κ2) is 5.96. The summed E-state index contributed by atoms with van der Waals surface area (Å²) in [5.41, 5.74) is 4.27. The Bertz CT molecular complexity index is 1200. The number of phenols is 1. The standard InChI is InChI=1S/C19H15N3O3S/c1-12(14-11-10-13-6-2-3-7-15(13)18(14)23)20-21-19-16-8-4-5-9-17(16)26(24,25)22-19/h2-11,23H,1H3,(H,21,22). The first kappa shape index (κ1) is 16.3. The molecule has 0 amide bonds. The number of phenolic OH excluding ortho intramolecular Hbond substituents is 1. The number of hydrazone groups is 1. The molecule has 0 bridgehead atoms. The number of hydrogen-bond donors (Lipinski definition) is 2. The average Bonchev–Trinajstić information content (AvgIpc) is 2.91. The summed E-state index contributed by atoms with van der Waals surface area (Å²) in [5.74, 6) is 0.299. The number of aromatic hydroxyl groups is 1. The smallest absolute Gasteiger partial charge is 0.285 e. The third kappa shape index (κ3) is 2.62. The van der Waals surface area contributed by atoms with Crippen LogP contribution in [0.25, 0.3) is 10.8 Å². The summed E-state index contributed by atoms with van der Waals surface area (Å²) >= 11 is 0. The van der Waals surface area contributed by atoms with Crippen LogP contribution in [0.3, 0.4) is 0 Å². The van der Waals surface area contributed by atoms with Crippen molar-refractivity contribution in [3.05, 3.63) is 71.8 Å². The van der Waals surface area contributed by atoms with E-state index >= 15 is 0 Å². The number of amidine groups is 1. The van der Waals surface area contributed by atoms with Crippen LogP contribution in [0.5, 0.6) is 5.75 Å². The molecule has 4 rings (SSSR count). The lowest BCUT2D eigenvalue weighted by molar-refractivity contribution is 0.480. The normalized spacial score (nSPS) is 15.6. The van der Waals surface area contributed by atoms with Crippen LogP contribution in [-0.4, -0.2) is 25.1 Å². The van der Waals surface area contributed by atoms with E-state index in [1.165, 1.54) is 6.07 Å². The van der Waals surface area contributed by atoms with Crippen molar-refractivity contribution >= 4 is 32.3 Å². The van der Waals surface area contributed by atoms with Crippen LogP contribution in [0, 0.1) is 0 Å². The van der Waals surface area contributed by atoms with E-state index in [-0.39, 0.29) is 16.5 Å². The van der Waals surface area contributed by atoms with Crippen molar-refractivity contribution in [3.63, 3.8) is 0 Å². The van der Waals surface area contributed by atoms with Crippen molar-refractivity contribution < 1.29 is 13.5 Å². The summed E-state index contributed by atoms with van der Waals surface area (Å²) in [4.78, 5) is 0.156. The van der Waals surface area contributed by atoms with Gasteiger partial charge in [0.1, 0.15) is 10.6 Å². The number of nitrogens with zero attached hydrogens (tertiary/aromatic N) is 2. The second-order valence-corrected chi connectivity index (χ2v) is 7.48. The van der Waals surface area contributed by atoms with E-state index < -0.39 is 10.0 Å². The van der Waals surface area contributed by atoms with Gasteiger partial charge in [-0.25, -0.2) is 0 Å². The van der Waals surface area contributed by atoms with Gasteiger partial charge in [0, 0.05) is 16.5 Å². The molecule has 0 saturated carbocycles. The Hall–Kier alpha value is -3.19. The van der Waals surface area contributed by atoms with Crippen molar-refractivity contribution in [3.8, 4) is 5.75 Å². The maximum absolute atomic E-state index is 12.1. The topological polar surface area (TPSA) is 91.1 Å². The van der Waals surface area contributed by atoms with Gasteiger partial charge in [0.05, 0.1) is 5.71 Å². The highest BCUT2D eigenvalue weighted by molar-refractivity contribution is 7.90. The molecule has 0 fully saturated rings. The minimum absolute atomic E-state index is 0.132. The third-order valence-electron chi connectivity index (χ3n) is 4.25. The van der Waals surface area contributed by atoms with Crippen LogP contribution >= 0.6 is 0 Å². The minimum atomic E-state index is -3.70. The molecule has 6 nitrogen and oxygen atoms in total. The zero-order chi connectivity index (χ0) is 18.3. The molecule has 7 heteroatoms. The largest absolute Gasteiger partial charge is 0.507 e. The highest BCUT2D eigenvalue weighted by atomic mass is 32.2. The van der Waals surface area contributed by atoms with E-state index in [0.29, 0.717) is 16.8 Å². The predicted octanol–water partition coefficient (Wildman–Crippen LogP) is 3.01. The maximum Gasteiger partial charge on any atom is 0.285 e. The lowest BCUT2D eigenvalue weighted by Crippen LogP contribution is -2.19. The Morgan fingerprint density at radius 2 is 1.77 bits per heavy atom. The first-order valence-electron chi connectivity index (χ1n) is 7.93. The molecule has 0 atom stereocenters. The maximum atomic E-state index is 12.1. The molecule has 1 aliphatic heterocycles. The van der Waals surface area contributed by atoms with Gasteiger partial charge in [0.15, 0.2) is 5.84 Å². The van der Waals surface area contributed by atoms with Crippen LogP contribution in [0.2, 0.25) is 0 Å². The number of fused-ring (bicyclic) bond motifs is 2. The SMILES string of the molecule is CC(=NNC1=NS(=O)(=O)c2ccccc21)c1ccc2ccccc2c1O. The van der Waals surface area contributed by atoms with Gasteiger partial charge in [0.25, 0.3) is 10.0 Å². The van der Waals surface area contributed by atoms with Crippen molar-refractivity contribution in [1.82, 2.24) is 5.43 Å². The fraction of sp³-hybridized carbons (Fsp3) is 0.0526. The molecule has 0 aliphatic carbocycles. The van der Waals surface area contributed by atoms with E-state index in [1.807, 2.05) is 30.3 Å². The molecule has 1 heterocycles. The molecule has 26 heavy (non-hydrogen) atoms. The Labute approximate surface area is 150 Å². The van der Waals surface area contributed by atoms with Crippen molar-refractivity contribution in [2.24, 2.45) is 9.50 Å². The van der Waals surface area contributed by atoms with Crippen molar-refractivity contribution in [2.75, 3.05) is 0 Å².